The number of fused-ring (bicyclic) bond motifs is 1. The van der Waals surface area contributed by atoms with Crippen LogP contribution in [0, 0.1) is 23.7 Å². The highest BCUT2D eigenvalue weighted by atomic mass is 16.3. The van der Waals surface area contributed by atoms with Crippen LogP contribution in [0.1, 0.15) is 38.5 Å². The van der Waals surface area contributed by atoms with Gasteiger partial charge in [-0.25, -0.2) is 0 Å². The first kappa shape index (κ1) is 10.6. The van der Waals surface area contributed by atoms with Crippen LogP contribution < -0.4 is 5.32 Å². The first-order valence-corrected chi connectivity index (χ1v) is 6.72. The third-order valence-electron chi connectivity index (χ3n) is 4.67. The number of aliphatic hydroxyl groups is 1. The summed E-state index contributed by atoms with van der Waals surface area (Å²) in [5, 5.41) is 12.2. The summed E-state index contributed by atoms with van der Waals surface area (Å²) in [5.74, 6) is 2.66. The highest BCUT2D eigenvalue weighted by Crippen LogP contribution is 2.57. The summed E-state index contributed by atoms with van der Waals surface area (Å²) >= 11 is 0. The van der Waals surface area contributed by atoms with E-state index in [0.717, 1.165) is 6.42 Å². The van der Waals surface area contributed by atoms with Gasteiger partial charge in [-0.2, -0.15) is 0 Å². The Kier molecular flexibility index (Phi) is 2.66. The van der Waals surface area contributed by atoms with Gasteiger partial charge in [-0.3, -0.25) is 4.79 Å². The fourth-order valence-electron chi connectivity index (χ4n) is 3.55. The van der Waals surface area contributed by atoms with Gasteiger partial charge >= 0.3 is 0 Å². The summed E-state index contributed by atoms with van der Waals surface area (Å²) in [7, 11) is 0. The maximum atomic E-state index is 12.0. The van der Waals surface area contributed by atoms with Crippen molar-refractivity contribution >= 4 is 5.91 Å². The van der Waals surface area contributed by atoms with Gasteiger partial charge in [0, 0.05) is 18.6 Å². The van der Waals surface area contributed by atoms with Crippen molar-refractivity contribution in [3.63, 3.8) is 0 Å². The van der Waals surface area contributed by atoms with Gasteiger partial charge in [0.1, 0.15) is 0 Å². The predicted octanol–water partition coefficient (Wildman–Crippen LogP) is 1.31. The number of aliphatic hydroxyl groups excluding tert-OH is 1. The molecule has 16 heavy (non-hydrogen) atoms. The van der Waals surface area contributed by atoms with Crippen LogP contribution in [0.3, 0.4) is 0 Å². The lowest BCUT2D eigenvalue weighted by molar-refractivity contribution is -0.124. The second kappa shape index (κ2) is 4.02. The molecule has 0 saturated heterocycles. The van der Waals surface area contributed by atoms with E-state index >= 15 is 0 Å². The summed E-state index contributed by atoms with van der Waals surface area (Å²) in [6.45, 7) is 0.193. The third kappa shape index (κ3) is 1.86. The van der Waals surface area contributed by atoms with Crippen LogP contribution in [0.2, 0.25) is 0 Å². The summed E-state index contributed by atoms with van der Waals surface area (Å²) in [6.07, 6.45) is 7.03. The average molecular weight is 223 g/mol. The van der Waals surface area contributed by atoms with E-state index in [2.05, 4.69) is 5.32 Å². The molecule has 1 amide bonds. The molecule has 0 bridgehead atoms. The maximum absolute atomic E-state index is 12.0. The highest BCUT2D eigenvalue weighted by molar-refractivity contribution is 5.82. The lowest BCUT2D eigenvalue weighted by atomic mass is 10.1. The highest BCUT2D eigenvalue weighted by Gasteiger charge is 2.56. The van der Waals surface area contributed by atoms with E-state index in [0.29, 0.717) is 23.7 Å². The van der Waals surface area contributed by atoms with Crippen LogP contribution in [0.5, 0.6) is 0 Å². The molecule has 2 N–H and O–H groups in total. The zero-order chi connectivity index (χ0) is 11.1. The molecule has 3 rings (SSSR count). The van der Waals surface area contributed by atoms with Crippen molar-refractivity contribution in [1.82, 2.24) is 5.32 Å². The standard InChI is InChI=1S/C13H21NO2/c15-7-6-11(8-4-5-8)14-13(16)12-9-2-1-3-10(9)12/h8-12,15H,1-7H2,(H,14,16). The Morgan fingerprint density at radius 3 is 2.50 bits per heavy atom. The van der Waals surface area contributed by atoms with E-state index in [1.807, 2.05) is 0 Å². The van der Waals surface area contributed by atoms with E-state index < -0.39 is 0 Å². The molecule has 90 valence electrons. The SMILES string of the molecule is O=C(NC(CCO)C1CC1)C1C2CCCC21. The Morgan fingerprint density at radius 2 is 1.94 bits per heavy atom. The molecule has 0 radical (unpaired) electrons. The number of carbonyl (C=O) groups is 1. The molecule has 3 unspecified atom stereocenters. The molecule has 3 nitrogen and oxygen atoms in total. The van der Waals surface area contributed by atoms with Crippen LogP contribution in [0.4, 0.5) is 0 Å². The largest absolute Gasteiger partial charge is 0.396 e. The smallest absolute Gasteiger partial charge is 0.223 e. The van der Waals surface area contributed by atoms with Crippen LogP contribution in [-0.2, 0) is 4.79 Å². The second-order valence-corrected chi connectivity index (χ2v) is 5.75. The molecular formula is C13H21NO2. The molecule has 0 aliphatic heterocycles. The van der Waals surface area contributed by atoms with Crippen molar-refractivity contribution in [2.45, 2.75) is 44.6 Å². The van der Waals surface area contributed by atoms with Crippen molar-refractivity contribution in [2.75, 3.05) is 6.61 Å². The number of rotatable bonds is 5. The van der Waals surface area contributed by atoms with Crippen LogP contribution in [0.15, 0.2) is 0 Å². The molecule has 0 aromatic rings. The summed E-state index contributed by atoms with van der Waals surface area (Å²) < 4.78 is 0. The second-order valence-electron chi connectivity index (χ2n) is 5.75. The lowest BCUT2D eigenvalue weighted by Crippen LogP contribution is -2.38. The molecule has 3 fully saturated rings. The van der Waals surface area contributed by atoms with Gasteiger partial charge in [-0.05, 0) is 49.9 Å². The molecular weight excluding hydrogens is 202 g/mol. The van der Waals surface area contributed by atoms with Crippen molar-refractivity contribution in [2.24, 2.45) is 23.7 Å². The summed E-state index contributed by atoms with van der Waals surface area (Å²) in [6, 6.07) is 0.249. The zero-order valence-corrected chi connectivity index (χ0v) is 9.69. The molecule has 3 atom stereocenters. The number of hydrogen-bond donors (Lipinski definition) is 2. The normalized spacial score (nSPS) is 37.9. The molecule has 3 aliphatic rings. The van der Waals surface area contributed by atoms with Gasteiger partial charge in [0.05, 0.1) is 0 Å². The molecule has 3 aliphatic carbocycles. The minimum Gasteiger partial charge on any atom is -0.396 e. The number of amides is 1. The Bertz CT molecular complexity index is 278. The Labute approximate surface area is 96.6 Å². The number of carbonyl (C=O) groups excluding carboxylic acids is 1. The Hall–Kier alpha value is -0.570. The number of nitrogens with one attached hydrogen (secondary N) is 1. The molecule has 3 heteroatoms. The topological polar surface area (TPSA) is 49.3 Å². The fraction of sp³-hybridized carbons (Fsp3) is 0.923. The van der Waals surface area contributed by atoms with Gasteiger partial charge in [0.25, 0.3) is 0 Å². The quantitative estimate of drug-likeness (QED) is 0.738. The van der Waals surface area contributed by atoms with Gasteiger partial charge < -0.3 is 10.4 Å². The molecule has 0 aromatic heterocycles. The minimum atomic E-state index is 0.193. The molecule has 0 spiro atoms. The van der Waals surface area contributed by atoms with Crippen molar-refractivity contribution in [3.8, 4) is 0 Å². The Balaban J connectivity index is 1.51. The first-order chi connectivity index (χ1) is 7.81. The van der Waals surface area contributed by atoms with E-state index in [9.17, 15) is 4.79 Å². The van der Waals surface area contributed by atoms with Crippen molar-refractivity contribution in [1.29, 1.82) is 0 Å². The Morgan fingerprint density at radius 1 is 1.25 bits per heavy atom. The molecule has 0 aromatic carbocycles. The average Bonchev–Trinajstić information content (AvgIpc) is 3.17. The van der Waals surface area contributed by atoms with Crippen LogP contribution >= 0.6 is 0 Å². The van der Waals surface area contributed by atoms with Gasteiger partial charge in [0.2, 0.25) is 5.91 Å². The predicted molar refractivity (Wildman–Crippen MR) is 60.7 cm³/mol. The van der Waals surface area contributed by atoms with Crippen LogP contribution in [-0.4, -0.2) is 23.7 Å². The van der Waals surface area contributed by atoms with E-state index in [1.165, 1.54) is 32.1 Å². The monoisotopic (exact) mass is 223 g/mol. The molecule has 0 heterocycles. The fourth-order valence-corrected chi connectivity index (χ4v) is 3.55. The van der Waals surface area contributed by atoms with E-state index in [-0.39, 0.29) is 18.6 Å². The van der Waals surface area contributed by atoms with Gasteiger partial charge in [0.15, 0.2) is 0 Å². The van der Waals surface area contributed by atoms with Gasteiger partial charge in [-0.1, -0.05) is 6.42 Å². The zero-order valence-electron chi connectivity index (χ0n) is 9.69. The third-order valence-corrected chi connectivity index (χ3v) is 4.67. The van der Waals surface area contributed by atoms with Crippen molar-refractivity contribution in [3.05, 3.63) is 0 Å². The molecule has 3 saturated carbocycles. The lowest BCUT2D eigenvalue weighted by Gasteiger charge is -2.17. The van der Waals surface area contributed by atoms with E-state index in [4.69, 9.17) is 5.11 Å². The van der Waals surface area contributed by atoms with Crippen molar-refractivity contribution < 1.29 is 9.90 Å². The minimum absolute atomic E-state index is 0.193. The summed E-state index contributed by atoms with van der Waals surface area (Å²) in [5.41, 5.74) is 0. The first-order valence-electron chi connectivity index (χ1n) is 6.72. The van der Waals surface area contributed by atoms with Gasteiger partial charge in [-0.15, -0.1) is 0 Å². The van der Waals surface area contributed by atoms with Crippen LogP contribution in [0.25, 0.3) is 0 Å². The van der Waals surface area contributed by atoms with E-state index in [1.54, 1.807) is 0 Å². The number of hydrogen-bond acceptors (Lipinski definition) is 2. The summed E-state index contributed by atoms with van der Waals surface area (Å²) in [4.78, 5) is 12.0. The maximum Gasteiger partial charge on any atom is 0.223 e.